The molecule has 0 rings (SSSR count). The van der Waals surface area contributed by atoms with Gasteiger partial charge in [0.25, 0.3) is 0 Å². The van der Waals surface area contributed by atoms with Gasteiger partial charge in [0.15, 0.2) is 0 Å². The second-order valence-corrected chi connectivity index (χ2v) is 2.17. The molecule has 0 amide bonds. The van der Waals surface area contributed by atoms with E-state index in [1.54, 1.807) is 0 Å². The first-order valence-electron chi connectivity index (χ1n) is 3.19. The lowest BCUT2D eigenvalue weighted by molar-refractivity contribution is -0.420. The minimum atomic E-state index is 0.121. The standard InChI is InChI=1S/C5H13N3OS/c1-2-8(3-4-9)5(10)7-6/h9H,2-4,6H2,1H3,(H,7,10)/p+1. The molecule has 60 valence electrons. The van der Waals surface area contributed by atoms with E-state index in [4.69, 9.17) is 17.3 Å². The van der Waals surface area contributed by atoms with Gasteiger partial charge in [0.2, 0.25) is 5.11 Å². The zero-order valence-electron chi connectivity index (χ0n) is 6.13. The van der Waals surface area contributed by atoms with Crippen LogP contribution < -0.4 is 11.3 Å². The van der Waals surface area contributed by atoms with E-state index in [9.17, 15) is 0 Å². The molecular weight excluding hydrogens is 150 g/mol. The molecule has 5 heteroatoms. The molecule has 0 bridgehead atoms. The molecule has 0 aromatic heterocycles. The fraction of sp³-hybridized carbons (Fsp3) is 0.800. The molecule has 0 heterocycles. The van der Waals surface area contributed by atoms with Crippen molar-refractivity contribution < 1.29 is 10.9 Å². The number of aliphatic hydroxyl groups excluding tert-OH is 1. The van der Waals surface area contributed by atoms with Crippen molar-refractivity contribution in [3.63, 3.8) is 0 Å². The van der Waals surface area contributed by atoms with Gasteiger partial charge < -0.3 is 10.0 Å². The summed E-state index contributed by atoms with van der Waals surface area (Å²) in [6, 6.07) is 0. The minimum absolute atomic E-state index is 0.121. The van der Waals surface area contributed by atoms with Gasteiger partial charge in [-0.05, 0) is 19.1 Å². The van der Waals surface area contributed by atoms with E-state index in [1.165, 1.54) is 0 Å². The van der Waals surface area contributed by atoms with Crippen molar-refractivity contribution in [2.75, 3.05) is 19.7 Å². The molecule has 0 aliphatic rings. The number of nitrogens with one attached hydrogen (secondary N) is 1. The molecule has 4 nitrogen and oxygen atoms in total. The van der Waals surface area contributed by atoms with Gasteiger partial charge >= 0.3 is 0 Å². The van der Waals surface area contributed by atoms with E-state index in [0.29, 0.717) is 11.7 Å². The molecule has 0 aromatic rings. The lowest BCUT2D eigenvalue weighted by atomic mass is 10.5. The molecular formula is C5H14N3OS+. The quantitative estimate of drug-likeness (QED) is 0.345. The van der Waals surface area contributed by atoms with Crippen LogP contribution >= 0.6 is 12.2 Å². The number of aliphatic hydroxyl groups is 1. The van der Waals surface area contributed by atoms with Crippen LogP contribution in [0.1, 0.15) is 6.92 Å². The van der Waals surface area contributed by atoms with E-state index >= 15 is 0 Å². The monoisotopic (exact) mass is 164 g/mol. The van der Waals surface area contributed by atoms with E-state index in [-0.39, 0.29) is 6.61 Å². The first-order chi connectivity index (χ1) is 4.76. The second kappa shape index (κ2) is 5.40. The molecule has 0 fully saturated rings. The van der Waals surface area contributed by atoms with Gasteiger partial charge in [-0.1, -0.05) is 0 Å². The van der Waals surface area contributed by atoms with Crippen LogP contribution in [0.2, 0.25) is 0 Å². The number of hydrogen-bond acceptors (Lipinski definition) is 2. The smallest absolute Gasteiger partial charge is 0.215 e. The summed E-state index contributed by atoms with van der Waals surface area (Å²) in [7, 11) is 0. The number of hydrogen-bond donors (Lipinski definition) is 3. The van der Waals surface area contributed by atoms with E-state index in [0.717, 1.165) is 6.54 Å². The average Bonchev–Trinajstić information content (AvgIpc) is 1.99. The number of quaternary nitrogens is 1. The largest absolute Gasteiger partial charge is 0.395 e. The fourth-order valence-corrected chi connectivity index (χ4v) is 0.856. The van der Waals surface area contributed by atoms with Crippen molar-refractivity contribution >= 4 is 17.3 Å². The Balaban J connectivity index is 3.68. The lowest BCUT2D eigenvalue weighted by Crippen LogP contribution is -2.69. The number of likely N-dealkylation sites (N-methyl/N-ethyl adjacent to an activating group) is 1. The summed E-state index contributed by atoms with van der Waals surface area (Å²) in [6.45, 7) is 3.45. The summed E-state index contributed by atoms with van der Waals surface area (Å²) in [4.78, 5) is 1.84. The van der Waals surface area contributed by atoms with Crippen molar-refractivity contribution in [2.24, 2.45) is 0 Å². The summed E-state index contributed by atoms with van der Waals surface area (Å²) in [5.41, 5.74) is 2.60. The van der Waals surface area contributed by atoms with Crippen LogP contribution in [0.25, 0.3) is 0 Å². The third-order valence-electron chi connectivity index (χ3n) is 1.19. The fourth-order valence-electron chi connectivity index (χ4n) is 0.636. The summed E-state index contributed by atoms with van der Waals surface area (Å²) in [5, 5.41) is 9.14. The number of rotatable bonds is 3. The molecule has 0 unspecified atom stereocenters. The van der Waals surface area contributed by atoms with Crippen LogP contribution in [-0.4, -0.2) is 34.8 Å². The number of nitrogens with zero attached hydrogens (tertiary/aromatic N) is 1. The predicted molar refractivity (Wildman–Crippen MR) is 43.0 cm³/mol. The number of thiocarbonyl (C=S) groups is 1. The molecule has 0 saturated carbocycles. The van der Waals surface area contributed by atoms with Gasteiger partial charge in [-0.3, -0.25) is 5.84 Å². The summed E-state index contributed by atoms with van der Waals surface area (Å²) in [5.74, 6) is 3.42. The molecule has 0 aromatic carbocycles. The zero-order chi connectivity index (χ0) is 7.98. The maximum Gasteiger partial charge on any atom is 0.215 e. The maximum absolute atomic E-state index is 8.56. The molecule has 0 spiro atoms. The van der Waals surface area contributed by atoms with Crippen molar-refractivity contribution in [3.8, 4) is 0 Å². The van der Waals surface area contributed by atoms with Crippen LogP contribution in [-0.2, 0) is 0 Å². The van der Waals surface area contributed by atoms with Gasteiger partial charge in [-0.2, -0.15) is 0 Å². The Labute approximate surface area is 66.0 Å². The van der Waals surface area contributed by atoms with Gasteiger partial charge in [-0.25, -0.2) is 5.43 Å². The Kier molecular flexibility index (Phi) is 5.19. The Bertz CT molecular complexity index is 109. The highest BCUT2D eigenvalue weighted by Crippen LogP contribution is 1.85. The molecule has 5 N–H and O–H groups in total. The average molecular weight is 164 g/mol. The summed E-state index contributed by atoms with van der Waals surface area (Å²) < 4.78 is 0. The highest BCUT2D eigenvalue weighted by atomic mass is 32.1. The topological polar surface area (TPSA) is 63.1 Å². The molecule has 0 aliphatic carbocycles. The first kappa shape index (κ1) is 9.61. The Morgan fingerprint density at radius 3 is 2.70 bits per heavy atom. The minimum Gasteiger partial charge on any atom is -0.395 e. The third-order valence-corrected chi connectivity index (χ3v) is 1.59. The van der Waals surface area contributed by atoms with Crippen LogP contribution in [0.4, 0.5) is 0 Å². The van der Waals surface area contributed by atoms with Crippen LogP contribution in [0.5, 0.6) is 0 Å². The van der Waals surface area contributed by atoms with Gasteiger partial charge in [0.05, 0.1) is 6.61 Å². The van der Waals surface area contributed by atoms with Crippen LogP contribution in [0.3, 0.4) is 0 Å². The van der Waals surface area contributed by atoms with Gasteiger partial charge in [-0.15, -0.1) is 0 Å². The predicted octanol–water partition coefficient (Wildman–Crippen LogP) is -1.67. The highest BCUT2D eigenvalue weighted by Gasteiger charge is 2.04. The normalized spacial score (nSPS) is 9.10. The third kappa shape index (κ3) is 2.95. The van der Waals surface area contributed by atoms with Crippen molar-refractivity contribution in [1.82, 2.24) is 10.3 Å². The van der Waals surface area contributed by atoms with Crippen molar-refractivity contribution in [2.45, 2.75) is 6.92 Å². The Morgan fingerprint density at radius 2 is 2.40 bits per heavy atom. The van der Waals surface area contributed by atoms with E-state index < -0.39 is 0 Å². The van der Waals surface area contributed by atoms with Crippen molar-refractivity contribution in [1.29, 1.82) is 0 Å². The highest BCUT2D eigenvalue weighted by molar-refractivity contribution is 7.80. The summed E-state index contributed by atoms with van der Waals surface area (Å²) >= 11 is 4.88. The Hall–Kier alpha value is -0.390. The van der Waals surface area contributed by atoms with Crippen molar-refractivity contribution in [3.05, 3.63) is 0 Å². The molecule has 0 saturated heterocycles. The van der Waals surface area contributed by atoms with E-state index in [2.05, 4.69) is 11.3 Å². The summed E-state index contributed by atoms with van der Waals surface area (Å²) in [6.07, 6.45) is 0. The van der Waals surface area contributed by atoms with Gasteiger partial charge in [0.1, 0.15) is 0 Å². The van der Waals surface area contributed by atoms with Crippen LogP contribution in [0, 0.1) is 0 Å². The zero-order valence-corrected chi connectivity index (χ0v) is 6.95. The molecule has 0 aliphatic heterocycles. The lowest BCUT2D eigenvalue weighted by Gasteiger charge is -2.19. The van der Waals surface area contributed by atoms with Gasteiger partial charge in [0, 0.05) is 13.1 Å². The maximum atomic E-state index is 8.56. The Morgan fingerprint density at radius 1 is 1.80 bits per heavy atom. The SMILES string of the molecule is CCN(CCO)C(=S)N[NH3+]. The molecule has 0 radical (unpaired) electrons. The second-order valence-electron chi connectivity index (χ2n) is 1.79. The molecule has 10 heavy (non-hydrogen) atoms. The first-order valence-corrected chi connectivity index (χ1v) is 3.60. The van der Waals surface area contributed by atoms with Crippen LogP contribution in [0.15, 0.2) is 0 Å². The van der Waals surface area contributed by atoms with E-state index in [1.807, 2.05) is 11.8 Å². The molecule has 0 atom stereocenters.